The molecule has 0 aromatic rings. The van der Waals surface area contributed by atoms with Crippen LogP contribution in [-0.2, 0) is 3.08 Å². The predicted octanol–water partition coefficient (Wildman–Crippen LogP) is 1.62. The second-order valence-corrected chi connectivity index (χ2v) is 1.76. The molecule has 0 amide bonds. The van der Waals surface area contributed by atoms with Gasteiger partial charge in [-0.25, -0.2) is 0 Å². The Hall–Kier alpha value is 0.339. The van der Waals surface area contributed by atoms with Crippen LogP contribution >= 0.6 is 0 Å². The van der Waals surface area contributed by atoms with Crippen molar-refractivity contribution in [1.82, 2.24) is 0 Å². The van der Waals surface area contributed by atoms with E-state index in [1.54, 1.807) is 0 Å². The molecule has 0 saturated heterocycles. The summed E-state index contributed by atoms with van der Waals surface area (Å²) in [5, 5.41) is 0. The van der Waals surface area contributed by atoms with Gasteiger partial charge in [0.2, 0.25) is 0 Å². The second-order valence-electron chi connectivity index (χ2n) is 1.76. The summed E-state index contributed by atoms with van der Waals surface area (Å²) in [6.45, 7) is 0. The molecule has 8 heavy (non-hydrogen) atoms. The molecule has 0 aromatic heterocycles. The minimum absolute atomic E-state index is 0.300. The Balaban J connectivity index is 0.000000222. The molecule has 2 radical (unpaired) electrons. The molecular weight excluding hydrogens is 207 g/mol. The van der Waals surface area contributed by atoms with Crippen molar-refractivity contribution in [1.29, 1.82) is 0 Å². The van der Waals surface area contributed by atoms with E-state index in [0.29, 0.717) is 22.5 Å². The Kier molecular flexibility index (Phi) is 7.65. The summed E-state index contributed by atoms with van der Waals surface area (Å²) in [6, 6.07) is 0. The molecule has 0 N–H and O–H groups in total. The van der Waals surface area contributed by atoms with E-state index in [9.17, 15) is 0 Å². The molecule has 1 rings (SSSR count). The van der Waals surface area contributed by atoms with Gasteiger partial charge >= 0.3 is 25.6 Å². The Labute approximate surface area is 63.6 Å². The van der Waals surface area contributed by atoms with Crippen molar-refractivity contribution in [3.63, 3.8) is 0 Å². The van der Waals surface area contributed by atoms with Gasteiger partial charge in [-0.1, -0.05) is 12.2 Å². The zero-order valence-electron chi connectivity index (χ0n) is 4.89. The summed E-state index contributed by atoms with van der Waals surface area (Å²) in [7, 11) is 0. The molecule has 0 spiro atoms. The third-order valence-electron chi connectivity index (χ3n) is 1.16. The first kappa shape index (κ1) is 8.34. The van der Waals surface area contributed by atoms with E-state index >= 15 is 0 Å². The first-order valence-electron chi connectivity index (χ1n) is 2.85. The standard InChI is InChI=1S/C6H10.O.Sn/c1-2-4-6-5-3-1;;/h1-2H,3-6H2;;. The minimum atomic E-state index is 0.300. The van der Waals surface area contributed by atoms with Crippen LogP contribution in [0, 0.1) is 0 Å². The summed E-state index contributed by atoms with van der Waals surface area (Å²) in [4.78, 5) is 0. The van der Waals surface area contributed by atoms with Gasteiger partial charge in [0.1, 0.15) is 0 Å². The topological polar surface area (TPSA) is 17.1 Å². The van der Waals surface area contributed by atoms with Crippen LogP contribution in [0.5, 0.6) is 0 Å². The van der Waals surface area contributed by atoms with Crippen LogP contribution in [0.2, 0.25) is 0 Å². The van der Waals surface area contributed by atoms with Crippen molar-refractivity contribution in [2.75, 3.05) is 0 Å². The fraction of sp³-hybridized carbons (Fsp3) is 0.667. The summed E-state index contributed by atoms with van der Waals surface area (Å²) < 4.78 is 8.34. The van der Waals surface area contributed by atoms with E-state index in [-0.39, 0.29) is 0 Å². The van der Waals surface area contributed by atoms with Crippen molar-refractivity contribution in [3.05, 3.63) is 12.2 Å². The summed E-state index contributed by atoms with van der Waals surface area (Å²) in [6.07, 6.45) is 10.0. The Morgan fingerprint density at radius 2 is 1.38 bits per heavy atom. The van der Waals surface area contributed by atoms with E-state index in [0.717, 1.165) is 0 Å². The van der Waals surface area contributed by atoms with Gasteiger partial charge in [-0.05, 0) is 25.7 Å². The summed E-state index contributed by atoms with van der Waals surface area (Å²) in [5.41, 5.74) is 0. The SMILES string of the molecule is C1=CCCCC1.[O]=[Sn]. The van der Waals surface area contributed by atoms with E-state index < -0.39 is 0 Å². The van der Waals surface area contributed by atoms with Crippen LogP contribution < -0.4 is 0 Å². The van der Waals surface area contributed by atoms with E-state index in [2.05, 4.69) is 12.2 Å². The van der Waals surface area contributed by atoms with Crippen molar-refractivity contribution >= 4 is 22.5 Å². The van der Waals surface area contributed by atoms with E-state index in [1.165, 1.54) is 25.7 Å². The second kappa shape index (κ2) is 7.34. The first-order chi connectivity index (χ1) is 4.00. The van der Waals surface area contributed by atoms with Crippen LogP contribution in [-0.4, -0.2) is 22.5 Å². The molecule has 0 atom stereocenters. The van der Waals surface area contributed by atoms with Crippen LogP contribution in [0.3, 0.4) is 0 Å². The average Bonchev–Trinajstić information content (AvgIpc) is 1.96. The summed E-state index contributed by atoms with van der Waals surface area (Å²) >= 11 is 0.300. The Morgan fingerprint density at radius 3 is 1.50 bits per heavy atom. The molecular formula is C6H10OSn. The maximum atomic E-state index is 8.34. The van der Waals surface area contributed by atoms with Gasteiger partial charge in [-0.3, -0.25) is 0 Å². The van der Waals surface area contributed by atoms with Crippen molar-refractivity contribution in [2.45, 2.75) is 25.7 Å². The molecule has 0 aliphatic heterocycles. The normalized spacial score (nSPS) is 16.5. The zero-order chi connectivity index (χ0) is 6.24. The fourth-order valence-corrected chi connectivity index (χ4v) is 0.760. The fourth-order valence-electron chi connectivity index (χ4n) is 0.760. The van der Waals surface area contributed by atoms with Crippen LogP contribution in [0.1, 0.15) is 25.7 Å². The Morgan fingerprint density at radius 1 is 1.00 bits per heavy atom. The molecule has 0 heterocycles. The molecule has 0 saturated carbocycles. The average molecular weight is 217 g/mol. The van der Waals surface area contributed by atoms with Gasteiger partial charge in [-0.2, -0.15) is 0 Å². The van der Waals surface area contributed by atoms with Crippen LogP contribution in [0.15, 0.2) is 12.2 Å². The maximum absolute atomic E-state index is 8.34. The molecule has 1 aliphatic rings. The molecule has 0 fully saturated rings. The molecule has 0 bridgehead atoms. The molecule has 0 aromatic carbocycles. The van der Waals surface area contributed by atoms with Gasteiger partial charge in [0.05, 0.1) is 0 Å². The number of allylic oxidation sites excluding steroid dienone is 2. The van der Waals surface area contributed by atoms with Gasteiger partial charge < -0.3 is 0 Å². The van der Waals surface area contributed by atoms with E-state index in [1.807, 2.05) is 0 Å². The predicted molar refractivity (Wildman–Crippen MR) is 34.0 cm³/mol. The zero-order valence-corrected chi connectivity index (χ0v) is 7.75. The van der Waals surface area contributed by atoms with Gasteiger partial charge in [-0.15, -0.1) is 0 Å². The number of rotatable bonds is 0. The molecule has 1 aliphatic carbocycles. The molecule has 1 nitrogen and oxygen atoms in total. The monoisotopic (exact) mass is 218 g/mol. The van der Waals surface area contributed by atoms with Crippen molar-refractivity contribution < 1.29 is 3.08 Å². The molecule has 2 heteroatoms. The molecule has 0 unspecified atom stereocenters. The third kappa shape index (κ3) is 4.50. The number of hydrogen-bond acceptors (Lipinski definition) is 1. The molecule has 44 valence electrons. The van der Waals surface area contributed by atoms with Crippen molar-refractivity contribution in [3.8, 4) is 0 Å². The van der Waals surface area contributed by atoms with Crippen molar-refractivity contribution in [2.24, 2.45) is 0 Å². The van der Waals surface area contributed by atoms with Crippen LogP contribution in [0.4, 0.5) is 0 Å². The quantitative estimate of drug-likeness (QED) is 0.445. The van der Waals surface area contributed by atoms with Gasteiger partial charge in [0.25, 0.3) is 0 Å². The van der Waals surface area contributed by atoms with E-state index in [4.69, 9.17) is 3.08 Å². The number of hydrogen-bond donors (Lipinski definition) is 0. The van der Waals surface area contributed by atoms with Gasteiger partial charge in [0.15, 0.2) is 0 Å². The third-order valence-corrected chi connectivity index (χ3v) is 1.16. The summed E-state index contributed by atoms with van der Waals surface area (Å²) in [5.74, 6) is 0. The Bertz CT molecular complexity index is 62.9. The van der Waals surface area contributed by atoms with Crippen LogP contribution in [0.25, 0.3) is 0 Å². The first-order valence-corrected chi connectivity index (χ1v) is 4.02. The van der Waals surface area contributed by atoms with Gasteiger partial charge in [0, 0.05) is 0 Å².